The van der Waals surface area contributed by atoms with Gasteiger partial charge in [-0.15, -0.1) is 0 Å². The average molecular weight is 329 g/mol. The molecular weight excluding hydrogens is 308 g/mol. The number of nitrogens with zero attached hydrogens (tertiary/aromatic N) is 1. The Morgan fingerprint density at radius 3 is 2.48 bits per heavy atom. The molecule has 1 aliphatic heterocycles. The molecule has 0 spiro atoms. The molecule has 1 N–H and O–H groups in total. The molecule has 0 atom stereocenters. The van der Waals surface area contributed by atoms with Gasteiger partial charge in [0.25, 0.3) is 0 Å². The van der Waals surface area contributed by atoms with Crippen molar-refractivity contribution in [2.45, 2.75) is 55.9 Å². The van der Waals surface area contributed by atoms with Gasteiger partial charge in [-0.25, -0.2) is 8.42 Å². The molecule has 2 aliphatic rings. The quantitative estimate of drug-likeness (QED) is 0.858. The lowest BCUT2D eigenvalue weighted by Gasteiger charge is -2.38. The van der Waals surface area contributed by atoms with E-state index in [2.05, 4.69) is 9.62 Å². The molecule has 0 amide bonds. The summed E-state index contributed by atoms with van der Waals surface area (Å²) in [7, 11) is -3.43. The summed E-state index contributed by atoms with van der Waals surface area (Å²) in [6.45, 7) is 0.363. The normalized spacial score (nSPS) is 23.2. The van der Waals surface area contributed by atoms with Crippen molar-refractivity contribution in [2.24, 2.45) is 0 Å². The number of halogens is 1. The lowest BCUT2D eigenvalue weighted by atomic mass is 9.95. The van der Waals surface area contributed by atoms with Crippen molar-refractivity contribution in [3.63, 3.8) is 0 Å². The van der Waals surface area contributed by atoms with E-state index in [-0.39, 0.29) is 0 Å². The van der Waals surface area contributed by atoms with Crippen molar-refractivity contribution in [1.82, 2.24) is 4.72 Å². The third kappa shape index (κ3) is 3.20. The Morgan fingerprint density at radius 1 is 1.10 bits per heavy atom. The summed E-state index contributed by atoms with van der Waals surface area (Å²) in [5, 5.41) is 0.457. The Labute approximate surface area is 131 Å². The zero-order valence-corrected chi connectivity index (χ0v) is 13.6. The highest BCUT2D eigenvalue weighted by atomic mass is 35.5. The van der Waals surface area contributed by atoms with Gasteiger partial charge in [-0.1, -0.05) is 43.7 Å². The monoisotopic (exact) mass is 328 g/mol. The largest absolute Gasteiger partial charge is 0.354 e. The highest BCUT2D eigenvalue weighted by molar-refractivity contribution is 7.89. The van der Waals surface area contributed by atoms with Crippen LogP contribution >= 0.6 is 11.6 Å². The summed E-state index contributed by atoms with van der Waals surface area (Å²) in [4.78, 5) is 2.52. The number of hydrogen-bond donors (Lipinski definition) is 1. The lowest BCUT2D eigenvalue weighted by Crippen LogP contribution is -2.48. The van der Waals surface area contributed by atoms with Crippen LogP contribution in [-0.2, 0) is 10.0 Å². The van der Waals surface area contributed by atoms with E-state index < -0.39 is 10.0 Å². The second kappa shape index (κ2) is 6.15. The van der Waals surface area contributed by atoms with Crippen molar-refractivity contribution >= 4 is 27.3 Å². The lowest BCUT2D eigenvalue weighted by molar-refractivity contribution is 0.422. The summed E-state index contributed by atoms with van der Waals surface area (Å²) in [5.74, 6) is 0. The molecule has 0 saturated heterocycles. The molecule has 1 aromatic rings. The molecule has 21 heavy (non-hydrogen) atoms. The predicted molar refractivity (Wildman–Crippen MR) is 85.2 cm³/mol. The van der Waals surface area contributed by atoms with Crippen LogP contribution in [0.4, 0.5) is 5.69 Å². The summed E-state index contributed by atoms with van der Waals surface area (Å²) in [6.07, 6.45) is 8.58. The number of hydrogen-bond acceptors (Lipinski definition) is 3. The molecule has 6 heteroatoms. The minimum Gasteiger partial charge on any atom is -0.354 e. The molecule has 1 aliphatic carbocycles. The van der Waals surface area contributed by atoms with E-state index in [4.69, 9.17) is 11.6 Å². The SMILES string of the molecule is O=S1(=O)NCN(C2CCCCCCC2)c2ccc(Cl)cc21. The first-order chi connectivity index (χ1) is 10.1. The number of benzene rings is 1. The Hall–Kier alpha value is -0.780. The van der Waals surface area contributed by atoms with Crippen LogP contribution < -0.4 is 9.62 Å². The van der Waals surface area contributed by atoms with E-state index >= 15 is 0 Å². The van der Waals surface area contributed by atoms with Gasteiger partial charge in [0.15, 0.2) is 0 Å². The van der Waals surface area contributed by atoms with Crippen molar-refractivity contribution in [2.75, 3.05) is 11.6 Å². The average Bonchev–Trinajstić information content (AvgIpc) is 2.40. The van der Waals surface area contributed by atoms with Crippen LogP contribution in [0.3, 0.4) is 0 Å². The van der Waals surface area contributed by atoms with Gasteiger partial charge in [0.2, 0.25) is 10.0 Å². The molecule has 0 radical (unpaired) electrons. The summed E-state index contributed by atoms with van der Waals surface area (Å²) >= 11 is 5.97. The first-order valence-corrected chi connectivity index (χ1v) is 9.50. The molecule has 1 heterocycles. The first-order valence-electron chi connectivity index (χ1n) is 7.64. The van der Waals surface area contributed by atoms with Crippen LogP contribution in [0, 0.1) is 0 Å². The van der Waals surface area contributed by atoms with E-state index in [0.717, 1.165) is 18.5 Å². The fourth-order valence-corrected chi connectivity index (χ4v) is 4.77. The van der Waals surface area contributed by atoms with Gasteiger partial charge in [-0.3, -0.25) is 0 Å². The number of fused-ring (bicyclic) bond motifs is 1. The predicted octanol–water partition coefficient (Wildman–Crippen LogP) is 3.51. The smallest absolute Gasteiger partial charge is 0.244 e. The molecule has 0 bridgehead atoms. The van der Waals surface area contributed by atoms with Gasteiger partial charge >= 0.3 is 0 Å². The third-order valence-corrected chi connectivity index (χ3v) is 6.11. The van der Waals surface area contributed by atoms with Gasteiger partial charge in [0.05, 0.1) is 12.4 Å². The zero-order valence-electron chi connectivity index (χ0n) is 12.0. The first kappa shape index (κ1) is 15.1. The molecule has 3 rings (SSSR count). The van der Waals surface area contributed by atoms with Crippen LogP contribution in [0.25, 0.3) is 0 Å². The number of nitrogens with one attached hydrogen (secondary N) is 1. The summed E-state index contributed by atoms with van der Waals surface area (Å²) < 4.78 is 27.0. The van der Waals surface area contributed by atoms with Gasteiger partial charge < -0.3 is 4.90 Å². The van der Waals surface area contributed by atoms with E-state index in [1.165, 1.54) is 32.1 Å². The van der Waals surface area contributed by atoms with Gasteiger partial charge in [0, 0.05) is 11.1 Å². The second-order valence-corrected chi connectivity index (χ2v) is 8.06. The topological polar surface area (TPSA) is 49.4 Å². The van der Waals surface area contributed by atoms with Crippen molar-refractivity contribution in [3.8, 4) is 0 Å². The fourth-order valence-electron chi connectivity index (χ4n) is 3.33. The number of anilines is 1. The van der Waals surface area contributed by atoms with Gasteiger partial charge in [-0.2, -0.15) is 4.72 Å². The number of rotatable bonds is 1. The summed E-state index contributed by atoms with van der Waals surface area (Å²) in [5.41, 5.74) is 0.795. The molecule has 116 valence electrons. The van der Waals surface area contributed by atoms with E-state index in [9.17, 15) is 8.42 Å². The molecule has 1 aromatic carbocycles. The minimum absolute atomic E-state index is 0.309. The number of sulfonamides is 1. The Balaban J connectivity index is 1.94. The van der Waals surface area contributed by atoms with Crippen LogP contribution in [0.5, 0.6) is 0 Å². The zero-order chi connectivity index (χ0) is 14.9. The Bertz CT molecular complexity index is 610. The van der Waals surface area contributed by atoms with Crippen LogP contribution in [-0.4, -0.2) is 21.1 Å². The Morgan fingerprint density at radius 2 is 1.76 bits per heavy atom. The maximum absolute atomic E-state index is 12.2. The van der Waals surface area contributed by atoms with Crippen molar-refractivity contribution < 1.29 is 8.42 Å². The van der Waals surface area contributed by atoms with Crippen molar-refractivity contribution in [3.05, 3.63) is 23.2 Å². The van der Waals surface area contributed by atoms with Crippen LogP contribution in [0.1, 0.15) is 44.9 Å². The highest BCUT2D eigenvalue weighted by Crippen LogP contribution is 2.34. The third-order valence-electron chi connectivity index (χ3n) is 4.46. The molecule has 0 unspecified atom stereocenters. The highest BCUT2D eigenvalue weighted by Gasteiger charge is 2.31. The molecular formula is C15H21ClN2O2S. The molecule has 1 fully saturated rings. The van der Waals surface area contributed by atoms with E-state index in [1.807, 2.05) is 6.07 Å². The molecule has 1 saturated carbocycles. The summed E-state index contributed by atoms with van der Waals surface area (Å²) in [6, 6.07) is 5.58. The van der Waals surface area contributed by atoms with Crippen LogP contribution in [0.15, 0.2) is 23.1 Å². The maximum Gasteiger partial charge on any atom is 0.244 e. The van der Waals surface area contributed by atoms with E-state index in [0.29, 0.717) is 22.6 Å². The van der Waals surface area contributed by atoms with Gasteiger partial charge in [0.1, 0.15) is 4.90 Å². The Kier molecular flexibility index (Phi) is 4.43. The van der Waals surface area contributed by atoms with Crippen molar-refractivity contribution in [1.29, 1.82) is 0 Å². The maximum atomic E-state index is 12.2. The fraction of sp³-hybridized carbons (Fsp3) is 0.600. The minimum atomic E-state index is -3.43. The second-order valence-electron chi connectivity index (χ2n) is 5.89. The van der Waals surface area contributed by atoms with Crippen LogP contribution in [0.2, 0.25) is 5.02 Å². The molecule has 0 aromatic heterocycles. The van der Waals surface area contributed by atoms with E-state index in [1.54, 1.807) is 12.1 Å². The standard InChI is InChI=1S/C15H21ClN2O2S/c16-12-8-9-14-15(10-12)21(19,20)17-11-18(14)13-6-4-2-1-3-5-7-13/h8-10,13,17H,1-7,11H2. The van der Waals surface area contributed by atoms with Gasteiger partial charge in [-0.05, 0) is 31.0 Å². The molecule has 4 nitrogen and oxygen atoms in total.